The molecule has 0 amide bonds. The number of benzene rings is 1. The van der Waals surface area contributed by atoms with E-state index in [0.29, 0.717) is 0 Å². The van der Waals surface area contributed by atoms with Gasteiger partial charge in [0.15, 0.2) is 5.16 Å². The first-order valence-corrected chi connectivity index (χ1v) is 11.9. The highest BCUT2D eigenvalue weighted by Crippen LogP contribution is 2.36. The molecule has 7 nitrogen and oxygen atoms in total. The molecule has 0 saturated carbocycles. The number of H-pyrrole nitrogens is 1. The van der Waals surface area contributed by atoms with Gasteiger partial charge < -0.3 is 19.7 Å². The number of nitrogens with zero attached hydrogens (tertiary/aromatic N) is 4. The van der Waals surface area contributed by atoms with Gasteiger partial charge in [-0.2, -0.15) is 0 Å². The second-order valence-electron chi connectivity index (χ2n) is 8.67. The van der Waals surface area contributed by atoms with E-state index in [2.05, 4.69) is 39.6 Å². The van der Waals surface area contributed by atoms with Crippen LogP contribution < -0.4 is 4.90 Å². The predicted molar refractivity (Wildman–Crippen MR) is 124 cm³/mol. The minimum Gasteiger partial charge on any atom is -0.395 e. The molecule has 0 atom stereocenters. The molecule has 4 rings (SSSR count). The Hall–Kier alpha value is -1.03. The number of ether oxygens (including phenoxy) is 1. The van der Waals surface area contributed by atoms with Gasteiger partial charge >= 0.3 is 0 Å². The van der Waals surface area contributed by atoms with Crippen molar-refractivity contribution in [1.29, 1.82) is 0 Å². The van der Waals surface area contributed by atoms with Crippen LogP contribution in [0.25, 0.3) is 11.0 Å². The number of aromatic amines is 1. The van der Waals surface area contributed by atoms with Crippen LogP contribution in [0.1, 0.15) is 13.8 Å². The quantitative estimate of drug-likeness (QED) is 0.624. The molecule has 2 saturated heterocycles. The minimum absolute atomic E-state index is 0.0425. The van der Waals surface area contributed by atoms with Crippen LogP contribution in [0.15, 0.2) is 17.3 Å². The average Bonchev–Trinajstić information content (AvgIpc) is 3.08. The molecular weight excluding hydrogens is 422 g/mol. The first kappa shape index (κ1) is 22.2. The highest BCUT2D eigenvalue weighted by atomic mass is 35.5. The summed E-state index contributed by atoms with van der Waals surface area (Å²) in [7, 11) is 0. The number of imidazole rings is 1. The number of β-amino-alcohol motifs (C(OH)–C–C–N with tert-alkyl or cyclic N) is 1. The Kier molecular flexibility index (Phi) is 7.12. The van der Waals surface area contributed by atoms with E-state index < -0.39 is 0 Å². The van der Waals surface area contributed by atoms with E-state index in [9.17, 15) is 0 Å². The molecular formula is C21H32ClN5O2S. The van der Waals surface area contributed by atoms with Crippen LogP contribution in [0.2, 0.25) is 5.02 Å². The van der Waals surface area contributed by atoms with E-state index >= 15 is 0 Å². The number of piperazine rings is 1. The molecule has 2 aliphatic rings. The number of hydrogen-bond donors (Lipinski definition) is 2. The maximum Gasteiger partial charge on any atom is 0.166 e. The molecule has 0 bridgehead atoms. The number of hydrogen-bond acceptors (Lipinski definition) is 7. The zero-order chi connectivity index (χ0) is 21.1. The van der Waals surface area contributed by atoms with Crippen LogP contribution in [-0.4, -0.2) is 102 Å². The van der Waals surface area contributed by atoms with Gasteiger partial charge in [-0.15, -0.1) is 0 Å². The summed E-state index contributed by atoms with van der Waals surface area (Å²) in [6.07, 6.45) is 0. The lowest BCUT2D eigenvalue weighted by Gasteiger charge is -2.36. The number of fused-ring (bicyclic) bond motifs is 1. The van der Waals surface area contributed by atoms with Gasteiger partial charge in [0.2, 0.25) is 0 Å². The Morgan fingerprint density at radius 1 is 1.13 bits per heavy atom. The maximum absolute atomic E-state index is 9.14. The van der Waals surface area contributed by atoms with Gasteiger partial charge in [-0.1, -0.05) is 23.4 Å². The number of aliphatic hydroxyl groups is 1. The third-order valence-electron chi connectivity index (χ3n) is 5.74. The minimum atomic E-state index is 0.0425. The van der Waals surface area contributed by atoms with Crippen molar-refractivity contribution in [2.24, 2.45) is 0 Å². The molecule has 0 spiro atoms. The summed E-state index contributed by atoms with van der Waals surface area (Å²) < 4.78 is 5.51. The van der Waals surface area contributed by atoms with Crippen molar-refractivity contribution >= 4 is 40.1 Å². The maximum atomic E-state index is 9.14. The summed E-state index contributed by atoms with van der Waals surface area (Å²) in [5.41, 5.74) is 2.98. The van der Waals surface area contributed by atoms with Crippen molar-refractivity contribution < 1.29 is 9.84 Å². The lowest BCUT2D eigenvalue weighted by Crippen LogP contribution is -2.47. The molecule has 166 valence electrons. The number of halogens is 1. The second-order valence-corrected chi connectivity index (χ2v) is 10.8. The Bertz CT molecular complexity index is 847. The highest BCUT2D eigenvalue weighted by Gasteiger charge is 2.26. The normalized spacial score (nSPS) is 19.7. The third kappa shape index (κ3) is 5.41. The summed E-state index contributed by atoms with van der Waals surface area (Å²) in [4.78, 5) is 15.4. The number of aromatic nitrogens is 2. The van der Waals surface area contributed by atoms with E-state index in [1.54, 1.807) is 11.8 Å². The largest absolute Gasteiger partial charge is 0.395 e. The van der Waals surface area contributed by atoms with Gasteiger partial charge in [-0.25, -0.2) is 4.98 Å². The lowest BCUT2D eigenvalue weighted by atomic mass is 10.2. The van der Waals surface area contributed by atoms with Gasteiger partial charge in [-0.3, -0.25) is 9.80 Å². The molecule has 0 unspecified atom stereocenters. The summed E-state index contributed by atoms with van der Waals surface area (Å²) in [6, 6.07) is 4.10. The first-order valence-electron chi connectivity index (χ1n) is 10.7. The zero-order valence-electron chi connectivity index (χ0n) is 17.9. The fourth-order valence-corrected chi connectivity index (χ4v) is 5.59. The molecule has 2 N–H and O–H groups in total. The Morgan fingerprint density at radius 3 is 2.57 bits per heavy atom. The van der Waals surface area contributed by atoms with Crippen LogP contribution in [0.3, 0.4) is 0 Å². The summed E-state index contributed by atoms with van der Waals surface area (Å²) >= 11 is 8.42. The van der Waals surface area contributed by atoms with Gasteiger partial charge in [0.05, 0.1) is 41.6 Å². The summed E-state index contributed by atoms with van der Waals surface area (Å²) in [6.45, 7) is 13.8. The SMILES string of the molecule is CC(C)(CN1CCOCC1)Sc1nc2cc(N3CCN(CCO)CC3)c(Cl)cc2[nH]1. The molecule has 2 aliphatic heterocycles. The first-order chi connectivity index (χ1) is 14.4. The molecule has 9 heteroatoms. The average molecular weight is 454 g/mol. The third-order valence-corrected chi connectivity index (χ3v) is 7.11. The van der Waals surface area contributed by atoms with Crippen molar-refractivity contribution in [2.45, 2.75) is 23.8 Å². The second kappa shape index (κ2) is 9.63. The summed E-state index contributed by atoms with van der Waals surface area (Å²) in [5.74, 6) is 0. The van der Waals surface area contributed by atoms with Gasteiger partial charge in [-0.05, 0) is 26.0 Å². The zero-order valence-corrected chi connectivity index (χ0v) is 19.4. The van der Waals surface area contributed by atoms with E-state index in [4.69, 9.17) is 26.4 Å². The number of aliphatic hydroxyl groups excluding tert-OH is 1. The van der Waals surface area contributed by atoms with Crippen molar-refractivity contribution in [2.75, 3.05) is 77.1 Å². The van der Waals surface area contributed by atoms with E-state index in [1.807, 2.05) is 6.07 Å². The van der Waals surface area contributed by atoms with E-state index in [-0.39, 0.29) is 11.4 Å². The fraction of sp³-hybridized carbons (Fsp3) is 0.667. The van der Waals surface area contributed by atoms with Gasteiger partial charge in [0, 0.05) is 57.1 Å². The van der Waals surface area contributed by atoms with Crippen molar-refractivity contribution in [3.63, 3.8) is 0 Å². The Labute approximate surface area is 187 Å². The molecule has 3 heterocycles. The van der Waals surface area contributed by atoms with Crippen molar-refractivity contribution in [1.82, 2.24) is 19.8 Å². The van der Waals surface area contributed by atoms with Crippen molar-refractivity contribution in [3.05, 3.63) is 17.2 Å². The van der Waals surface area contributed by atoms with Crippen LogP contribution in [-0.2, 0) is 4.74 Å². The number of thioether (sulfide) groups is 1. The van der Waals surface area contributed by atoms with Crippen LogP contribution in [0.4, 0.5) is 5.69 Å². The van der Waals surface area contributed by atoms with Crippen molar-refractivity contribution in [3.8, 4) is 0 Å². The number of rotatable bonds is 7. The molecule has 30 heavy (non-hydrogen) atoms. The standard InChI is InChI=1S/C21H32ClN5O2S/c1-21(2,15-26-8-11-29-12-9-26)30-20-23-17-13-16(22)19(14-18(17)24-20)27-5-3-25(4-6-27)7-10-28/h13-14,28H,3-12,15H2,1-2H3,(H,23,24). The van der Waals surface area contributed by atoms with Gasteiger partial charge in [0.25, 0.3) is 0 Å². The predicted octanol–water partition coefficient (Wildman–Crippen LogP) is 2.53. The molecule has 2 aromatic rings. The monoisotopic (exact) mass is 453 g/mol. The number of anilines is 1. The van der Waals surface area contributed by atoms with E-state index in [1.165, 1.54) is 0 Å². The highest BCUT2D eigenvalue weighted by molar-refractivity contribution is 8.00. The molecule has 0 radical (unpaired) electrons. The smallest absolute Gasteiger partial charge is 0.166 e. The molecule has 0 aliphatic carbocycles. The van der Waals surface area contributed by atoms with Crippen LogP contribution in [0.5, 0.6) is 0 Å². The summed E-state index contributed by atoms with van der Waals surface area (Å²) in [5, 5.41) is 10.8. The van der Waals surface area contributed by atoms with Crippen LogP contribution >= 0.6 is 23.4 Å². The Balaban J connectivity index is 1.45. The fourth-order valence-electron chi connectivity index (χ4n) is 4.23. The Morgan fingerprint density at radius 2 is 1.87 bits per heavy atom. The molecule has 2 fully saturated rings. The molecule has 1 aromatic carbocycles. The van der Waals surface area contributed by atoms with E-state index in [0.717, 1.165) is 92.5 Å². The number of nitrogens with one attached hydrogen (secondary N) is 1. The topological polar surface area (TPSA) is 67.9 Å². The van der Waals surface area contributed by atoms with Crippen LogP contribution in [0, 0.1) is 0 Å². The molecule has 1 aromatic heterocycles. The van der Waals surface area contributed by atoms with Gasteiger partial charge in [0.1, 0.15) is 0 Å². The number of morpholine rings is 1. The lowest BCUT2D eigenvalue weighted by molar-refractivity contribution is 0.0350.